The number of fused-ring (bicyclic) bond motifs is 2. The summed E-state index contributed by atoms with van der Waals surface area (Å²) in [5.41, 5.74) is 16.4. The Morgan fingerprint density at radius 2 is 1.69 bits per heavy atom. The molecule has 6 N–H and O–H groups in total. The number of carbonyl (C=O) groups excluding carboxylic acids is 2. The zero-order valence-electron chi connectivity index (χ0n) is 15.5. The van der Waals surface area contributed by atoms with E-state index in [2.05, 4.69) is 10.3 Å². The maximum Gasteiger partial charge on any atom is 0.259 e. The van der Waals surface area contributed by atoms with Gasteiger partial charge in [0.2, 0.25) is 0 Å². The van der Waals surface area contributed by atoms with Crippen LogP contribution >= 0.6 is 0 Å². The topological polar surface area (TPSA) is 119 Å². The van der Waals surface area contributed by atoms with Gasteiger partial charge in [-0.1, -0.05) is 24.3 Å². The predicted molar refractivity (Wildman–Crippen MR) is 114 cm³/mol. The van der Waals surface area contributed by atoms with E-state index in [9.17, 15) is 9.59 Å². The van der Waals surface area contributed by atoms with Crippen molar-refractivity contribution in [2.24, 2.45) is 5.73 Å². The van der Waals surface area contributed by atoms with Gasteiger partial charge in [-0.3, -0.25) is 14.9 Å². The highest BCUT2D eigenvalue weighted by Crippen LogP contribution is 2.39. The van der Waals surface area contributed by atoms with Crippen molar-refractivity contribution in [1.29, 1.82) is 0 Å². The lowest BCUT2D eigenvalue weighted by atomic mass is 9.95. The highest BCUT2D eigenvalue weighted by molar-refractivity contribution is 6.51. The van der Waals surface area contributed by atoms with E-state index < -0.39 is 11.8 Å². The second-order valence-electron chi connectivity index (χ2n) is 7.05. The Morgan fingerprint density at radius 1 is 0.931 bits per heavy atom. The van der Waals surface area contributed by atoms with E-state index in [4.69, 9.17) is 11.5 Å². The number of hydrogen-bond donors (Lipinski definition) is 4. The SMILES string of the molecule is NCCn1cc(C2=C(c3c[nH]c4ccccc34)C(=O)NC2=O)c2c(N)cccc21. The predicted octanol–water partition coefficient (Wildman–Crippen LogP) is 2.23. The van der Waals surface area contributed by atoms with Crippen LogP contribution in [0, 0.1) is 0 Å². The van der Waals surface area contributed by atoms with Crippen molar-refractivity contribution in [3.63, 3.8) is 0 Å². The summed E-state index contributed by atoms with van der Waals surface area (Å²) in [6.07, 6.45) is 3.62. The molecule has 4 aromatic rings. The Hall–Kier alpha value is -3.84. The molecule has 0 fully saturated rings. The van der Waals surface area contributed by atoms with E-state index in [1.54, 1.807) is 12.3 Å². The number of nitrogens with one attached hydrogen (secondary N) is 2. The van der Waals surface area contributed by atoms with E-state index in [0.29, 0.717) is 41.1 Å². The minimum absolute atomic E-state index is 0.332. The standard InChI is InChI=1S/C22H19N5O2/c23-8-9-27-11-14(18-15(24)5-3-7-17(18)27)20-19(21(28)26-22(20)29)13-10-25-16-6-2-1-4-12(13)16/h1-7,10-11,25H,8-9,23-24H2,(H,26,28,29). The second kappa shape index (κ2) is 6.35. The summed E-state index contributed by atoms with van der Waals surface area (Å²) < 4.78 is 1.97. The second-order valence-corrected chi connectivity index (χ2v) is 7.05. The molecular weight excluding hydrogens is 366 g/mol. The molecule has 1 aliphatic heterocycles. The van der Waals surface area contributed by atoms with Crippen LogP contribution in [0.25, 0.3) is 33.0 Å². The van der Waals surface area contributed by atoms with E-state index in [0.717, 1.165) is 21.8 Å². The fourth-order valence-corrected chi connectivity index (χ4v) is 4.14. The summed E-state index contributed by atoms with van der Waals surface area (Å²) in [4.78, 5) is 28.9. The van der Waals surface area contributed by atoms with Crippen LogP contribution in [-0.2, 0) is 16.1 Å². The zero-order chi connectivity index (χ0) is 20.1. The van der Waals surface area contributed by atoms with Gasteiger partial charge in [0.25, 0.3) is 11.8 Å². The fourth-order valence-electron chi connectivity index (χ4n) is 4.14. The van der Waals surface area contributed by atoms with Gasteiger partial charge in [-0.25, -0.2) is 0 Å². The Morgan fingerprint density at radius 3 is 2.48 bits per heavy atom. The molecule has 7 heteroatoms. The first-order chi connectivity index (χ1) is 14.1. The van der Waals surface area contributed by atoms with E-state index in [1.165, 1.54) is 0 Å². The number of amides is 2. The number of aromatic nitrogens is 2. The number of aromatic amines is 1. The summed E-state index contributed by atoms with van der Waals surface area (Å²) in [6.45, 7) is 1.02. The first-order valence-corrected chi connectivity index (χ1v) is 9.34. The summed E-state index contributed by atoms with van der Waals surface area (Å²) >= 11 is 0. The normalized spacial score (nSPS) is 14.4. The lowest BCUT2D eigenvalue weighted by molar-refractivity contribution is -0.122. The number of imide groups is 1. The first-order valence-electron chi connectivity index (χ1n) is 9.34. The van der Waals surface area contributed by atoms with Gasteiger partial charge in [0.05, 0.1) is 16.7 Å². The molecule has 0 saturated heterocycles. The summed E-state index contributed by atoms with van der Waals surface area (Å²) in [6, 6.07) is 13.3. The third-order valence-corrected chi connectivity index (χ3v) is 5.37. The third-order valence-electron chi connectivity index (χ3n) is 5.37. The molecule has 7 nitrogen and oxygen atoms in total. The van der Waals surface area contributed by atoms with Gasteiger partial charge >= 0.3 is 0 Å². The van der Waals surface area contributed by atoms with Crippen LogP contribution in [0.5, 0.6) is 0 Å². The minimum atomic E-state index is -0.426. The molecule has 29 heavy (non-hydrogen) atoms. The molecule has 144 valence electrons. The Bertz CT molecular complexity index is 1340. The van der Waals surface area contributed by atoms with Crippen molar-refractivity contribution in [2.45, 2.75) is 6.54 Å². The number of anilines is 1. The fraction of sp³-hybridized carbons (Fsp3) is 0.0909. The first kappa shape index (κ1) is 17.3. The molecule has 3 heterocycles. The number of nitrogens with two attached hydrogens (primary N) is 2. The van der Waals surface area contributed by atoms with Crippen molar-refractivity contribution >= 4 is 50.5 Å². The summed E-state index contributed by atoms with van der Waals surface area (Å²) in [5.74, 6) is -0.839. The highest BCUT2D eigenvalue weighted by Gasteiger charge is 2.35. The summed E-state index contributed by atoms with van der Waals surface area (Å²) in [7, 11) is 0. The average molecular weight is 385 g/mol. The zero-order valence-corrected chi connectivity index (χ0v) is 15.5. The quantitative estimate of drug-likeness (QED) is 0.318. The Balaban J connectivity index is 1.86. The van der Waals surface area contributed by atoms with E-state index in [-0.39, 0.29) is 0 Å². The van der Waals surface area contributed by atoms with Crippen LogP contribution in [0.3, 0.4) is 0 Å². The molecule has 1 aliphatic rings. The molecule has 5 rings (SSSR count). The average Bonchev–Trinajstić information content (AvgIpc) is 3.36. The highest BCUT2D eigenvalue weighted by atomic mass is 16.2. The van der Waals surface area contributed by atoms with Crippen molar-refractivity contribution in [1.82, 2.24) is 14.9 Å². The number of rotatable bonds is 4. The van der Waals surface area contributed by atoms with E-state index in [1.807, 2.05) is 47.2 Å². The van der Waals surface area contributed by atoms with Gasteiger partial charge in [-0.2, -0.15) is 0 Å². The van der Waals surface area contributed by atoms with Crippen LogP contribution in [0.15, 0.2) is 54.9 Å². The van der Waals surface area contributed by atoms with Gasteiger partial charge in [0.15, 0.2) is 0 Å². The number of para-hydroxylation sites is 1. The van der Waals surface area contributed by atoms with Crippen LogP contribution < -0.4 is 16.8 Å². The van der Waals surface area contributed by atoms with Gasteiger partial charge in [0, 0.05) is 58.6 Å². The maximum absolute atomic E-state index is 12.9. The van der Waals surface area contributed by atoms with Crippen LogP contribution in [0.1, 0.15) is 11.1 Å². The van der Waals surface area contributed by atoms with Gasteiger partial charge < -0.3 is 21.0 Å². The Kier molecular flexibility index (Phi) is 3.78. The molecule has 0 aliphatic carbocycles. The lowest BCUT2D eigenvalue weighted by Gasteiger charge is -2.04. The molecule has 0 spiro atoms. The molecule has 0 unspecified atom stereocenters. The number of benzene rings is 2. The lowest BCUT2D eigenvalue weighted by Crippen LogP contribution is -2.22. The third kappa shape index (κ3) is 2.48. The van der Waals surface area contributed by atoms with Gasteiger partial charge in [-0.15, -0.1) is 0 Å². The minimum Gasteiger partial charge on any atom is -0.398 e. The number of nitrogens with zero attached hydrogens (tertiary/aromatic N) is 1. The molecule has 2 amide bonds. The number of nitrogen functional groups attached to an aromatic ring is 1. The number of carbonyl (C=O) groups is 2. The smallest absolute Gasteiger partial charge is 0.259 e. The molecule has 2 aromatic heterocycles. The molecule has 0 saturated carbocycles. The molecule has 0 bridgehead atoms. The van der Waals surface area contributed by atoms with Crippen LogP contribution in [-0.4, -0.2) is 27.9 Å². The van der Waals surface area contributed by atoms with Crippen molar-refractivity contribution < 1.29 is 9.59 Å². The van der Waals surface area contributed by atoms with Crippen LogP contribution in [0.2, 0.25) is 0 Å². The monoisotopic (exact) mass is 385 g/mol. The molecule has 0 radical (unpaired) electrons. The summed E-state index contributed by atoms with van der Waals surface area (Å²) in [5, 5.41) is 4.08. The number of H-pyrrole nitrogens is 1. The van der Waals surface area contributed by atoms with Crippen LogP contribution in [0.4, 0.5) is 5.69 Å². The largest absolute Gasteiger partial charge is 0.398 e. The molecule has 0 atom stereocenters. The maximum atomic E-state index is 12.9. The Labute approximate surface area is 166 Å². The van der Waals surface area contributed by atoms with Crippen molar-refractivity contribution in [3.8, 4) is 0 Å². The number of hydrogen-bond acceptors (Lipinski definition) is 4. The van der Waals surface area contributed by atoms with Gasteiger partial charge in [-0.05, 0) is 18.2 Å². The van der Waals surface area contributed by atoms with Crippen molar-refractivity contribution in [3.05, 3.63) is 66.0 Å². The van der Waals surface area contributed by atoms with E-state index >= 15 is 0 Å². The van der Waals surface area contributed by atoms with Gasteiger partial charge in [0.1, 0.15) is 0 Å². The molecule has 2 aromatic carbocycles. The van der Waals surface area contributed by atoms with Crippen molar-refractivity contribution in [2.75, 3.05) is 12.3 Å². The molecular formula is C22H19N5O2.